The van der Waals surface area contributed by atoms with Crippen LogP contribution in [0.5, 0.6) is 0 Å². The van der Waals surface area contributed by atoms with Gasteiger partial charge < -0.3 is 5.32 Å². The Balaban J connectivity index is 2.75. The Morgan fingerprint density at radius 2 is 2.00 bits per heavy atom. The summed E-state index contributed by atoms with van der Waals surface area (Å²) in [4.78, 5) is 12.1. The maximum Gasteiger partial charge on any atom is 0.156 e. The van der Waals surface area contributed by atoms with Gasteiger partial charge in [0, 0.05) is 11.4 Å². The smallest absolute Gasteiger partial charge is 0.156 e. The predicted octanol–water partition coefficient (Wildman–Crippen LogP) is 2.84. The van der Waals surface area contributed by atoms with Crippen molar-refractivity contribution in [1.29, 1.82) is 0 Å². The lowest BCUT2D eigenvalue weighted by atomic mass is 9.93. The molecule has 0 aliphatic heterocycles. The van der Waals surface area contributed by atoms with Crippen LogP contribution in [0, 0.1) is 0 Å². The summed E-state index contributed by atoms with van der Waals surface area (Å²) in [7, 11) is 0. The van der Waals surface area contributed by atoms with Gasteiger partial charge in [-0.2, -0.15) is 0 Å². The zero-order valence-electron chi connectivity index (χ0n) is 10.0. The van der Waals surface area contributed by atoms with Gasteiger partial charge in [0.2, 0.25) is 0 Å². The van der Waals surface area contributed by atoms with Crippen molar-refractivity contribution in [1.82, 2.24) is 5.32 Å². The number of halogens is 1. The summed E-state index contributed by atoms with van der Waals surface area (Å²) >= 11 is 6.02. The number of Topliss-reactive ketones (excluding diaryl/α,β-unsaturated/α-hetero) is 1. The fourth-order valence-electron chi connectivity index (χ4n) is 1.58. The van der Waals surface area contributed by atoms with Gasteiger partial charge in [0.25, 0.3) is 0 Å². The van der Waals surface area contributed by atoms with E-state index in [1.54, 1.807) is 0 Å². The second-order valence-corrected chi connectivity index (χ2v) is 4.75. The number of carbonyl (C=O) groups excluding carboxylic acids is 1. The molecule has 1 aromatic carbocycles. The quantitative estimate of drug-likeness (QED) is 0.856. The number of likely N-dealkylation sites (N-methyl/N-ethyl adjacent to an activating group) is 1. The van der Waals surface area contributed by atoms with Crippen LogP contribution in [0.4, 0.5) is 0 Å². The monoisotopic (exact) mass is 239 g/mol. The Hall–Kier alpha value is -0.860. The minimum atomic E-state index is -0.492. The second kappa shape index (κ2) is 5.46. The molecule has 16 heavy (non-hydrogen) atoms. The maximum atomic E-state index is 12.1. The van der Waals surface area contributed by atoms with E-state index in [-0.39, 0.29) is 5.78 Å². The van der Waals surface area contributed by atoms with E-state index < -0.39 is 5.54 Å². The van der Waals surface area contributed by atoms with Crippen LogP contribution in [-0.4, -0.2) is 17.9 Å². The van der Waals surface area contributed by atoms with E-state index in [9.17, 15) is 4.79 Å². The molecule has 0 aliphatic carbocycles. The molecule has 3 heteroatoms. The van der Waals surface area contributed by atoms with Crippen molar-refractivity contribution in [2.45, 2.75) is 32.7 Å². The molecule has 1 aromatic rings. The molecule has 0 bridgehead atoms. The highest BCUT2D eigenvalue weighted by Gasteiger charge is 2.26. The van der Waals surface area contributed by atoms with Gasteiger partial charge in [0.05, 0.1) is 5.54 Å². The van der Waals surface area contributed by atoms with Crippen molar-refractivity contribution in [3.63, 3.8) is 0 Å². The van der Waals surface area contributed by atoms with Crippen LogP contribution in [-0.2, 0) is 11.2 Å². The van der Waals surface area contributed by atoms with E-state index in [0.29, 0.717) is 11.4 Å². The fraction of sp³-hybridized carbons (Fsp3) is 0.462. The van der Waals surface area contributed by atoms with Crippen LogP contribution in [0.15, 0.2) is 24.3 Å². The van der Waals surface area contributed by atoms with E-state index in [1.807, 2.05) is 45.0 Å². The highest BCUT2D eigenvalue weighted by Crippen LogP contribution is 2.18. The highest BCUT2D eigenvalue weighted by atomic mass is 35.5. The molecular weight excluding hydrogens is 222 g/mol. The van der Waals surface area contributed by atoms with Gasteiger partial charge in [-0.25, -0.2) is 0 Å². The largest absolute Gasteiger partial charge is 0.306 e. The molecule has 0 amide bonds. The van der Waals surface area contributed by atoms with Crippen molar-refractivity contribution in [2.75, 3.05) is 6.54 Å². The highest BCUT2D eigenvalue weighted by molar-refractivity contribution is 6.31. The SMILES string of the molecule is CCNC(C)(C)C(=O)Cc1ccccc1Cl. The molecule has 2 nitrogen and oxygen atoms in total. The van der Waals surface area contributed by atoms with Gasteiger partial charge in [-0.05, 0) is 32.0 Å². The Kier molecular flexibility index (Phi) is 4.51. The topological polar surface area (TPSA) is 29.1 Å². The van der Waals surface area contributed by atoms with Crippen LogP contribution >= 0.6 is 11.6 Å². The summed E-state index contributed by atoms with van der Waals surface area (Å²) in [5.74, 6) is 0.155. The lowest BCUT2D eigenvalue weighted by molar-refractivity contribution is -0.123. The Labute approximate surface area is 102 Å². The van der Waals surface area contributed by atoms with E-state index in [4.69, 9.17) is 11.6 Å². The maximum absolute atomic E-state index is 12.1. The van der Waals surface area contributed by atoms with Gasteiger partial charge >= 0.3 is 0 Å². The van der Waals surface area contributed by atoms with Crippen molar-refractivity contribution in [2.24, 2.45) is 0 Å². The summed E-state index contributed by atoms with van der Waals surface area (Å²) < 4.78 is 0. The Bertz CT molecular complexity index is 374. The van der Waals surface area contributed by atoms with E-state index in [0.717, 1.165) is 12.1 Å². The van der Waals surface area contributed by atoms with Crippen molar-refractivity contribution >= 4 is 17.4 Å². The molecule has 0 aromatic heterocycles. The van der Waals surface area contributed by atoms with Crippen molar-refractivity contribution in [3.05, 3.63) is 34.9 Å². The lowest BCUT2D eigenvalue weighted by Gasteiger charge is -2.24. The number of carbonyl (C=O) groups is 1. The molecule has 0 saturated heterocycles. The second-order valence-electron chi connectivity index (χ2n) is 4.35. The van der Waals surface area contributed by atoms with Crippen molar-refractivity contribution in [3.8, 4) is 0 Å². The third kappa shape index (κ3) is 3.32. The summed E-state index contributed by atoms with van der Waals surface area (Å²) in [5, 5.41) is 3.82. The van der Waals surface area contributed by atoms with Crippen LogP contribution < -0.4 is 5.32 Å². The number of rotatable bonds is 5. The Morgan fingerprint density at radius 3 is 2.56 bits per heavy atom. The van der Waals surface area contributed by atoms with Crippen LogP contribution in [0.1, 0.15) is 26.3 Å². The first-order chi connectivity index (χ1) is 7.47. The lowest BCUT2D eigenvalue weighted by Crippen LogP contribution is -2.47. The molecule has 1 N–H and O–H groups in total. The van der Waals surface area contributed by atoms with Gasteiger partial charge in [0.1, 0.15) is 0 Å². The van der Waals surface area contributed by atoms with E-state index >= 15 is 0 Å². The average molecular weight is 240 g/mol. The number of ketones is 1. The third-order valence-electron chi connectivity index (χ3n) is 2.62. The molecule has 1 rings (SSSR count). The first-order valence-corrected chi connectivity index (χ1v) is 5.87. The molecule has 0 fully saturated rings. The first kappa shape index (κ1) is 13.2. The molecule has 0 heterocycles. The third-order valence-corrected chi connectivity index (χ3v) is 2.99. The zero-order chi connectivity index (χ0) is 12.2. The summed E-state index contributed by atoms with van der Waals surface area (Å²) in [5.41, 5.74) is 0.397. The summed E-state index contributed by atoms with van der Waals surface area (Å²) in [6, 6.07) is 7.47. The van der Waals surface area contributed by atoms with E-state index in [1.165, 1.54) is 0 Å². The zero-order valence-corrected chi connectivity index (χ0v) is 10.8. The molecule has 0 atom stereocenters. The van der Waals surface area contributed by atoms with Gasteiger partial charge in [-0.1, -0.05) is 36.7 Å². The summed E-state index contributed by atoms with van der Waals surface area (Å²) in [6.07, 6.45) is 0.375. The predicted molar refractivity (Wildman–Crippen MR) is 67.9 cm³/mol. The average Bonchev–Trinajstić information content (AvgIpc) is 2.21. The number of hydrogen-bond acceptors (Lipinski definition) is 2. The first-order valence-electron chi connectivity index (χ1n) is 5.49. The fourth-order valence-corrected chi connectivity index (χ4v) is 1.78. The minimum absolute atomic E-state index is 0.155. The van der Waals surface area contributed by atoms with E-state index in [2.05, 4.69) is 5.32 Å². The van der Waals surface area contributed by atoms with Gasteiger partial charge in [0.15, 0.2) is 5.78 Å². The van der Waals surface area contributed by atoms with Crippen LogP contribution in [0.25, 0.3) is 0 Å². The molecular formula is C13H18ClNO. The molecule has 0 aliphatic rings. The normalized spacial score (nSPS) is 11.5. The molecule has 0 radical (unpaired) electrons. The Morgan fingerprint density at radius 1 is 1.38 bits per heavy atom. The summed E-state index contributed by atoms with van der Waals surface area (Å²) in [6.45, 7) is 6.57. The molecule has 0 saturated carbocycles. The number of benzene rings is 1. The molecule has 0 unspecified atom stereocenters. The van der Waals surface area contributed by atoms with Gasteiger partial charge in [-0.3, -0.25) is 4.79 Å². The van der Waals surface area contributed by atoms with Crippen molar-refractivity contribution < 1.29 is 4.79 Å². The standard InChI is InChI=1S/C13H18ClNO/c1-4-15-13(2,3)12(16)9-10-7-5-6-8-11(10)14/h5-8,15H,4,9H2,1-3H3. The van der Waals surface area contributed by atoms with Crippen LogP contribution in [0.3, 0.4) is 0 Å². The number of hydrogen-bond donors (Lipinski definition) is 1. The number of nitrogens with one attached hydrogen (secondary N) is 1. The van der Waals surface area contributed by atoms with Crippen LogP contribution in [0.2, 0.25) is 5.02 Å². The van der Waals surface area contributed by atoms with Gasteiger partial charge in [-0.15, -0.1) is 0 Å². The molecule has 0 spiro atoms. The minimum Gasteiger partial charge on any atom is -0.306 e. The molecule has 88 valence electrons.